The number of carbonyl (C=O) groups excluding carboxylic acids is 2. The monoisotopic (exact) mass is 358 g/mol. The Labute approximate surface area is 153 Å². The smallest absolute Gasteiger partial charge is 0.407 e. The molecule has 2 aromatic rings. The number of rotatable bonds is 8. The molecule has 0 saturated carbocycles. The van der Waals surface area contributed by atoms with Gasteiger partial charge in [-0.3, -0.25) is 9.48 Å². The average Bonchev–Trinajstić information content (AvgIpc) is 3.12. The lowest BCUT2D eigenvalue weighted by Gasteiger charge is -2.19. The van der Waals surface area contributed by atoms with E-state index in [1.165, 1.54) is 7.11 Å². The SMILES string of the molecule is COC(=O)NC(CC(C)C)C(=O)NCc1cccc(Cn2cccn2)c1. The summed E-state index contributed by atoms with van der Waals surface area (Å²) in [5.74, 6) is 0.0434. The minimum Gasteiger partial charge on any atom is -0.453 e. The standard InChI is InChI=1S/C19H26N4O3/c1-14(2)10-17(22-19(25)26-3)18(24)20-12-15-6-4-7-16(11-15)13-23-9-5-8-21-23/h4-9,11,14,17H,10,12-13H2,1-3H3,(H,20,24)(H,22,25). The van der Waals surface area contributed by atoms with E-state index in [1.54, 1.807) is 6.20 Å². The van der Waals surface area contributed by atoms with Crippen molar-refractivity contribution in [1.82, 2.24) is 20.4 Å². The Morgan fingerprint density at radius 3 is 2.65 bits per heavy atom. The van der Waals surface area contributed by atoms with Gasteiger partial charge in [0.2, 0.25) is 5.91 Å². The molecule has 1 aromatic carbocycles. The Balaban J connectivity index is 1.94. The molecule has 26 heavy (non-hydrogen) atoms. The molecule has 0 bridgehead atoms. The molecule has 0 fully saturated rings. The van der Waals surface area contributed by atoms with Crippen molar-refractivity contribution in [2.24, 2.45) is 5.92 Å². The summed E-state index contributed by atoms with van der Waals surface area (Å²) in [5, 5.41) is 9.68. The van der Waals surface area contributed by atoms with Gasteiger partial charge in [-0.2, -0.15) is 5.10 Å². The number of hydrogen-bond donors (Lipinski definition) is 2. The van der Waals surface area contributed by atoms with Gasteiger partial charge in [0.15, 0.2) is 0 Å². The number of nitrogens with zero attached hydrogens (tertiary/aromatic N) is 2. The minimum absolute atomic E-state index is 0.221. The van der Waals surface area contributed by atoms with E-state index in [0.717, 1.165) is 11.1 Å². The first-order chi connectivity index (χ1) is 12.5. The molecule has 1 heterocycles. The van der Waals surface area contributed by atoms with Crippen LogP contribution >= 0.6 is 0 Å². The molecule has 0 aliphatic rings. The number of aromatic nitrogens is 2. The van der Waals surface area contributed by atoms with Crippen molar-refractivity contribution in [3.63, 3.8) is 0 Å². The Bertz CT molecular complexity index is 713. The first-order valence-corrected chi connectivity index (χ1v) is 8.65. The van der Waals surface area contributed by atoms with Crippen LogP contribution in [0.2, 0.25) is 0 Å². The lowest BCUT2D eigenvalue weighted by atomic mass is 10.0. The Hall–Kier alpha value is -2.83. The van der Waals surface area contributed by atoms with Gasteiger partial charge in [0.05, 0.1) is 13.7 Å². The van der Waals surface area contributed by atoms with Crippen molar-refractivity contribution in [2.75, 3.05) is 7.11 Å². The van der Waals surface area contributed by atoms with Crippen molar-refractivity contribution in [1.29, 1.82) is 0 Å². The largest absolute Gasteiger partial charge is 0.453 e. The number of amides is 2. The predicted molar refractivity (Wildman–Crippen MR) is 98.4 cm³/mol. The predicted octanol–water partition coefficient (Wildman–Crippen LogP) is 2.32. The number of hydrogen-bond acceptors (Lipinski definition) is 4. The van der Waals surface area contributed by atoms with Gasteiger partial charge >= 0.3 is 6.09 Å². The van der Waals surface area contributed by atoms with Crippen LogP contribution in [-0.2, 0) is 22.6 Å². The van der Waals surface area contributed by atoms with Gasteiger partial charge in [0.25, 0.3) is 0 Å². The highest BCUT2D eigenvalue weighted by molar-refractivity contribution is 5.85. The minimum atomic E-state index is -0.616. The first kappa shape index (κ1) is 19.5. The first-order valence-electron chi connectivity index (χ1n) is 8.65. The zero-order chi connectivity index (χ0) is 18.9. The lowest BCUT2D eigenvalue weighted by Crippen LogP contribution is -2.47. The fourth-order valence-electron chi connectivity index (χ4n) is 2.64. The van der Waals surface area contributed by atoms with Crippen LogP contribution < -0.4 is 10.6 Å². The lowest BCUT2D eigenvalue weighted by molar-refractivity contribution is -0.123. The third kappa shape index (κ3) is 6.23. The van der Waals surface area contributed by atoms with Crippen molar-refractivity contribution in [3.8, 4) is 0 Å². The average molecular weight is 358 g/mol. The normalized spacial score (nSPS) is 11.8. The van der Waals surface area contributed by atoms with Crippen LogP contribution in [0.5, 0.6) is 0 Å². The third-order valence-electron chi connectivity index (χ3n) is 3.86. The van der Waals surface area contributed by atoms with Gasteiger partial charge in [-0.05, 0) is 29.5 Å². The summed E-state index contributed by atoms with van der Waals surface area (Å²) in [4.78, 5) is 23.9. The van der Waals surface area contributed by atoms with Crippen LogP contribution in [0.1, 0.15) is 31.4 Å². The van der Waals surface area contributed by atoms with Gasteiger partial charge in [-0.15, -0.1) is 0 Å². The summed E-state index contributed by atoms with van der Waals surface area (Å²) in [6, 6.07) is 9.24. The fourth-order valence-corrected chi connectivity index (χ4v) is 2.64. The molecule has 0 aliphatic heterocycles. The van der Waals surface area contributed by atoms with Gasteiger partial charge in [-0.1, -0.05) is 38.1 Å². The Morgan fingerprint density at radius 2 is 2.00 bits per heavy atom. The van der Waals surface area contributed by atoms with Crippen LogP contribution in [0, 0.1) is 5.92 Å². The van der Waals surface area contributed by atoms with E-state index in [4.69, 9.17) is 0 Å². The van der Waals surface area contributed by atoms with E-state index in [-0.39, 0.29) is 11.8 Å². The maximum absolute atomic E-state index is 12.4. The fraction of sp³-hybridized carbons (Fsp3) is 0.421. The number of methoxy groups -OCH3 is 1. The van der Waals surface area contributed by atoms with Gasteiger partial charge < -0.3 is 15.4 Å². The number of alkyl carbamates (subject to hydrolysis) is 1. The summed E-state index contributed by atoms with van der Waals surface area (Å²) in [7, 11) is 1.28. The molecule has 7 heteroatoms. The van der Waals surface area contributed by atoms with E-state index in [9.17, 15) is 9.59 Å². The second-order valence-corrected chi connectivity index (χ2v) is 6.56. The molecular formula is C19H26N4O3. The number of ether oxygens (including phenoxy) is 1. The zero-order valence-corrected chi connectivity index (χ0v) is 15.4. The highest BCUT2D eigenvalue weighted by atomic mass is 16.5. The molecule has 0 spiro atoms. The maximum Gasteiger partial charge on any atom is 0.407 e. The topological polar surface area (TPSA) is 85.2 Å². The second kappa shape index (κ2) is 9.60. The Morgan fingerprint density at radius 1 is 1.23 bits per heavy atom. The molecule has 1 aromatic heterocycles. The zero-order valence-electron chi connectivity index (χ0n) is 15.4. The van der Waals surface area contributed by atoms with Crippen molar-refractivity contribution in [3.05, 3.63) is 53.9 Å². The van der Waals surface area contributed by atoms with E-state index in [1.807, 2.05) is 55.1 Å². The molecule has 0 saturated heterocycles. The summed E-state index contributed by atoms with van der Waals surface area (Å²) < 4.78 is 6.45. The molecule has 1 atom stereocenters. The van der Waals surface area contributed by atoms with E-state index < -0.39 is 12.1 Å². The highest BCUT2D eigenvalue weighted by Crippen LogP contribution is 2.09. The van der Waals surface area contributed by atoms with Gasteiger partial charge in [0.1, 0.15) is 6.04 Å². The van der Waals surface area contributed by atoms with Gasteiger partial charge in [0, 0.05) is 18.9 Å². The van der Waals surface area contributed by atoms with Crippen molar-refractivity contribution < 1.29 is 14.3 Å². The van der Waals surface area contributed by atoms with Gasteiger partial charge in [-0.25, -0.2) is 4.79 Å². The summed E-state index contributed by atoms with van der Waals surface area (Å²) in [6.07, 6.45) is 3.59. The van der Waals surface area contributed by atoms with E-state index in [2.05, 4.69) is 20.5 Å². The summed E-state index contributed by atoms with van der Waals surface area (Å²) >= 11 is 0. The van der Waals surface area contributed by atoms with Crippen LogP contribution in [0.25, 0.3) is 0 Å². The summed E-state index contributed by atoms with van der Waals surface area (Å²) in [5.41, 5.74) is 2.09. The molecular weight excluding hydrogens is 332 g/mol. The van der Waals surface area contributed by atoms with Crippen LogP contribution in [0.3, 0.4) is 0 Å². The summed E-state index contributed by atoms with van der Waals surface area (Å²) in [6.45, 7) is 5.06. The molecule has 7 nitrogen and oxygen atoms in total. The van der Waals surface area contributed by atoms with Crippen LogP contribution in [-0.4, -0.2) is 34.9 Å². The molecule has 2 amide bonds. The second-order valence-electron chi connectivity index (χ2n) is 6.56. The molecule has 2 rings (SSSR count). The van der Waals surface area contributed by atoms with Crippen molar-refractivity contribution in [2.45, 2.75) is 39.4 Å². The number of carbonyl (C=O) groups is 2. The molecule has 1 unspecified atom stereocenters. The molecule has 140 valence electrons. The molecule has 0 radical (unpaired) electrons. The van der Waals surface area contributed by atoms with E-state index in [0.29, 0.717) is 19.5 Å². The van der Waals surface area contributed by atoms with Crippen LogP contribution in [0.4, 0.5) is 4.79 Å². The van der Waals surface area contributed by atoms with Crippen molar-refractivity contribution >= 4 is 12.0 Å². The van der Waals surface area contributed by atoms with E-state index >= 15 is 0 Å². The van der Waals surface area contributed by atoms with Crippen LogP contribution in [0.15, 0.2) is 42.7 Å². The third-order valence-corrected chi connectivity index (χ3v) is 3.86. The quantitative estimate of drug-likeness (QED) is 0.758. The number of nitrogens with one attached hydrogen (secondary N) is 2. The highest BCUT2D eigenvalue weighted by Gasteiger charge is 2.22. The number of benzene rings is 1. The Kier molecular flexibility index (Phi) is 7.20. The molecule has 0 aliphatic carbocycles. The maximum atomic E-state index is 12.4. The molecule has 2 N–H and O–H groups in total.